The molecular weight excluding hydrogens is 402 g/mol. The molecule has 3 rings (SSSR count). The number of rotatable bonds is 5. The summed E-state index contributed by atoms with van der Waals surface area (Å²) in [5.74, 6) is 0.540. The number of amides is 2. The van der Waals surface area contributed by atoms with Gasteiger partial charge in [0, 0.05) is 13.1 Å². The van der Waals surface area contributed by atoms with Crippen LogP contribution in [0.2, 0.25) is 0 Å². The Labute approximate surface area is 191 Å². The molecular formula is C26H35N3O3. The molecule has 0 aromatic heterocycles. The van der Waals surface area contributed by atoms with Crippen LogP contribution >= 0.6 is 0 Å². The van der Waals surface area contributed by atoms with Gasteiger partial charge in [-0.05, 0) is 56.6 Å². The van der Waals surface area contributed by atoms with E-state index in [1.807, 2.05) is 65.6 Å². The number of carbonyl (C=O) groups excluding carboxylic acids is 2. The molecule has 0 radical (unpaired) electrons. The lowest BCUT2D eigenvalue weighted by Gasteiger charge is -2.32. The third kappa shape index (κ3) is 7.38. The minimum Gasteiger partial charge on any atom is -0.484 e. The molecule has 32 heavy (non-hydrogen) atoms. The fraction of sp³-hybridized carbons (Fsp3) is 0.462. The molecule has 6 nitrogen and oxygen atoms in total. The van der Waals surface area contributed by atoms with Crippen LogP contribution < -0.4 is 10.1 Å². The predicted octanol–water partition coefficient (Wildman–Crippen LogP) is 3.65. The van der Waals surface area contributed by atoms with Gasteiger partial charge in [0.15, 0.2) is 6.61 Å². The van der Waals surface area contributed by atoms with Gasteiger partial charge in [0.25, 0.3) is 5.91 Å². The Kier molecular flexibility index (Phi) is 9.57. The highest BCUT2D eigenvalue weighted by atomic mass is 16.5. The van der Waals surface area contributed by atoms with E-state index < -0.39 is 0 Å². The van der Waals surface area contributed by atoms with Gasteiger partial charge in [-0.1, -0.05) is 55.5 Å². The maximum absolute atomic E-state index is 13.4. The average molecular weight is 438 g/mol. The van der Waals surface area contributed by atoms with Crippen LogP contribution in [-0.2, 0) is 9.59 Å². The fourth-order valence-electron chi connectivity index (χ4n) is 4.11. The Morgan fingerprint density at radius 3 is 2.38 bits per heavy atom. The number of ether oxygens (including phenoxy) is 1. The lowest BCUT2D eigenvalue weighted by atomic mass is 10.0. The van der Waals surface area contributed by atoms with Crippen LogP contribution in [0.15, 0.2) is 60.7 Å². The van der Waals surface area contributed by atoms with E-state index in [4.69, 9.17) is 4.74 Å². The molecule has 1 atom stereocenters. The summed E-state index contributed by atoms with van der Waals surface area (Å²) in [6.45, 7) is 6.31. The van der Waals surface area contributed by atoms with E-state index in [0.29, 0.717) is 18.8 Å². The van der Waals surface area contributed by atoms with E-state index in [2.05, 4.69) is 17.1 Å². The van der Waals surface area contributed by atoms with Gasteiger partial charge in [0.2, 0.25) is 5.91 Å². The Morgan fingerprint density at radius 1 is 0.969 bits per heavy atom. The Hall–Kier alpha value is -2.86. The van der Waals surface area contributed by atoms with Crippen molar-refractivity contribution in [3.8, 4) is 5.75 Å². The van der Waals surface area contributed by atoms with Crippen molar-refractivity contribution >= 4 is 11.8 Å². The second-order valence-corrected chi connectivity index (χ2v) is 8.16. The van der Waals surface area contributed by atoms with Crippen LogP contribution in [0.3, 0.4) is 0 Å². The summed E-state index contributed by atoms with van der Waals surface area (Å²) in [7, 11) is 0. The van der Waals surface area contributed by atoms with Crippen LogP contribution in [-0.4, -0.2) is 60.9 Å². The summed E-state index contributed by atoms with van der Waals surface area (Å²) in [5.41, 5.74) is 0.970. The minimum atomic E-state index is -0.320. The molecule has 172 valence electrons. The summed E-state index contributed by atoms with van der Waals surface area (Å²) in [6, 6.07) is 18.9. The third-order valence-corrected chi connectivity index (χ3v) is 5.91. The molecule has 0 spiro atoms. The second kappa shape index (κ2) is 12.9. The third-order valence-electron chi connectivity index (χ3n) is 5.91. The van der Waals surface area contributed by atoms with Crippen molar-refractivity contribution in [1.82, 2.24) is 15.1 Å². The molecule has 6 heteroatoms. The molecule has 1 heterocycles. The Balaban J connectivity index is 1.81. The fourth-order valence-corrected chi connectivity index (χ4v) is 4.11. The molecule has 1 unspecified atom stereocenters. The van der Waals surface area contributed by atoms with Crippen molar-refractivity contribution in [2.75, 3.05) is 39.3 Å². The molecule has 2 amide bonds. The SMILES string of the molecule is CCN1CCCCNC(=O)CC(c2ccccc2)N(C(=O)COc2ccccc2)CCC1. The highest BCUT2D eigenvalue weighted by molar-refractivity contribution is 5.81. The number of hydrogen-bond donors (Lipinski definition) is 1. The van der Waals surface area contributed by atoms with E-state index in [-0.39, 0.29) is 30.9 Å². The average Bonchev–Trinajstić information content (AvgIpc) is 2.85. The number of nitrogens with one attached hydrogen (secondary N) is 1. The standard InChI is InChI=1S/C26H35N3O3/c1-2-28-17-10-9-16-27-25(30)20-24(22-12-5-3-6-13-22)29(19-11-18-28)26(31)21-32-23-14-7-4-8-15-23/h3-8,12-15,24H,2,9-11,16-21H2,1H3,(H,27,30). The topological polar surface area (TPSA) is 61.9 Å². The number of hydrogen-bond acceptors (Lipinski definition) is 4. The zero-order valence-electron chi connectivity index (χ0n) is 19.0. The van der Waals surface area contributed by atoms with Gasteiger partial charge < -0.3 is 19.9 Å². The van der Waals surface area contributed by atoms with E-state index in [1.54, 1.807) is 0 Å². The first-order chi connectivity index (χ1) is 15.7. The summed E-state index contributed by atoms with van der Waals surface area (Å²) < 4.78 is 5.76. The first kappa shape index (κ1) is 23.8. The van der Waals surface area contributed by atoms with Crippen LogP contribution in [0.5, 0.6) is 5.75 Å². The largest absolute Gasteiger partial charge is 0.484 e. The van der Waals surface area contributed by atoms with E-state index in [9.17, 15) is 9.59 Å². The van der Waals surface area contributed by atoms with Gasteiger partial charge in [0.1, 0.15) is 5.75 Å². The lowest BCUT2D eigenvalue weighted by Crippen LogP contribution is -2.41. The van der Waals surface area contributed by atoms with Gasteiger partial charge in [0.05, 0.1) is 12.5 Å². The van der Waals surface area contributed by atoms with Crippen molar-refractivity contribution in [3.05, 3.63) is 66.2 Å². The first-order valence-corrected chi connectivity index (χ1v) is 11.7. The zero-order chi connectivity index (χ0) is 22.6. The van der Waals surface area contributed by atoms with Gasteiger partial charge in [-0.3, -0.25) is 9.59 Å². The van der Waals surface area contributed by atoms with E-state index in [1.165, 1.54) is 0 Å². The van der Waals surface area contributed by atoms with Crippen molar-refractivity contribution in [2.24, 2.45) is 0 Å². The Morgan fingerprint density at radius 2 is 1.66 bits per heavy atom. The molecule has 0 aliphatic carbocycles. The van der Waals surface area contributed by atoms with Crippen molar-refractivity contribution in [2.45, 2.75) is 38.6 Å². The number of carbonyl (C=O) groups is 2. The number of benzene rings is 2. The maximum Gasteiger partial charge on any atom is 0.261 e. The predicted molar refractivity (Wildman–Crippen MR) is 126 cm³/mol. The minimum absolute atomic E-state index is 0.0211. The molecule has 2 aromatic rings. The Bertz CT molecular complexity index is 829. The first-order valence-electron chi connectivity index (χ1n) is 11.7. The lowest BCUT2D eigenvalue weighted by molar-refractivity contribution is -0.137. The van der Waals surface area contributed by atoms with Crippen molar-refractivity contribution in [3.63, 3.8) is 0 Å². The highest BCUT2D eigenvalue weighted by Crippen LogP contribution is 2.25. The zero-order valence-corrected chi connectivity index (χ0v) is 19.0. The second-order valence-electron chi connectivity index (χ2n) is 8.16. The summed E-state index contributed by atoms with van der Waals surface area (Å²) >= 11 is 0. The summed E-state index contributed by atoms with van der Waals surface area (Å²) in [6.07, 6.45) is 3.13. The van der Waals surface area contributed by atoms with Gasteiger partial charge in [-0.15, -0.1) is 0 Å². The summed E-state index contributed by atoms with van der Waals surface area (Å²) in [5, 5.41) is 3.04. The summed E-state index contributed by atoms with van der Waals surface area (Å²) in [4.78, 5) is 30.4. The maximum atomic E-state index is 13.4. The molecule has 1 aliphatic rings. The monoisotopic (exact) mass is 437 g/mol. The number of nitrogens with zero attached hydrogens (tertiary/aromatic N) is 2. The van der Waals surface area contributed by atoms with Crippen LogP contribution in [0.1, 0.15) is 44.2 Å². The molecule has 0 saturated carbocycles. The molecule has 2 aromatic carbocycles. The van der Waals surface area contributed by atoms with E-state index >= 15 is 0 Å². The van der Waals surface area contributed by atoms with Crippen LogP contribution in [0.25, 0.3) is 0 Å². The quantitative estimate of drug-likeness (QED) is 0.776. The molecule has 0 bridgehead atoms. The molecule has 1 fully saturated rings. The smallest absolute Gasteiger partial charge is 0.261 e. The normalized spacial score (nSPS) is 19.2. The highest BCUT2D eigenvalue weighted by Gasteiger charge is 2.28. The van der Waals surface area contributed by atoms with Gasteiger partial charge >= 0.3 is 0 Å². The van der Waals surface area contributed by atoms with Crippen molar-refractivity contribution < 1.29 is 14.3 Å². The van der Waals surface area contributed by atoms with Crippen LogP contribution in [0.4, 0.5) is 0 Å². The van der Waals surface area contributed by atoms with E-state index in [0.717, 1.165) is 44.5 Å². The number of para-hydroxylation sites is 1. The van der Waals surface area contributed by atoms with Crippen LogP contribution in [0, 0.1) is 0 Å². The molecule has 1 N–H and O–H groups in total. The van der Waals surface area contributed by atoms with Gasteiger partial charge in [-0.25, -0.2) is 0 Å². The molecule has 1 saturated heterocycles. The molecule has 1 aliphatic heterocycles. The van der Waals surface area contributed by atoms with Crippen molar-refractivity contribution in [1.29, 1.82) is 0 Å². The van der Waals surface area contributed by atoms with Gasteiger partial charge in [-0.2, -0.15) is 0 Å².